The Kier molecular flexibility index (Phi) is 3.73. The van der Waals surface area contributed by atoms with E-state index in [0.29, 0.717) is 22.9 Å². The van der Waals surface area contributed by atoms with Gasteiger partial charge in [0.05, 0.1) is 0 Å². The molecule has 0 spiro atoms. The molecule has 2 aromatic heterocycles. The summed E-state index contributed by atoms with van der Waals surface area (Å²) in [5.41, 5.74) is 2.72. The van der Waals surface area contributed by atoms with E-state index in [9.17, 15) is 9.59 Å². The number of aromatic amines is 2. The highest BCUT2D eigenvalue weighted by Crippen LogP contribution is 2.43. The van der Waals surface area contributed by atoms with Gasteiger partial charge in [0.25, 0.3) is 0 Å². The van der Waals surface area contributed by atoms with Crippen molar-refractivity contribution in [3.8, 4) is 22.9 Å². The molecule has 0 bridgehead atoms. The van der Waals surface area contributed by atoms with Crippen LogP contribution < -0.4 is 9.47 Å². The molecule has 0 saturated carbocycles. The second-order valence-corrected chi connectivity index (χ2v) is 5.94. The third-order valence-electron chi connectivity index (χ3n) is 4.06. The van der Waals surface area contributed by atoms with Gasteiger partial charge in [0.15, 0.2) is 11.5 Å². The summed E-state index contributed by atoms with van der Waals surface area (Å²) in [6.45, 7) is 2.70. The Morgan fingerprint density at radius 1 is 0.692 bits per heavy atom. The lowest BCUT2D eigenvalue weighted by atomic mass is 10.2. The van der Waals surface area contributed by atoms with Crippen LogP contribution in [0.4, 0.5) is 0 Å². The van der Waals surface area contributed by atoms with Gasteiger partial charge in [0, 0.05) is 35.7 Å². The van der Waals surface area contributed by atoms with Crippen molar-refractivity contribution in [1.82, 2.24) is 9.97 Å². The van der Waals surface area contributed by atoms with Gasteiger partial charge in [-0.25, -0.2) is 0 Å². The van der Waals surface area contributed by atoms with E-state index in [0.717, 1.165) is 21.8 Å². The number of esters is 2. The first kappa shape index (κ1) is 16.0. The number of benzene rings is 2. The van der Waals surface area contributed by atoms with Crippen molar-refractivity contribution >= 4 is 33.7 Å². The third-order valence-corrected chi connectivity index (χ3v) is 4.06. The van der Waals surface area contributed by atoms with Crippen LogP contribution in [0.1, 0.15) is 13.8 Å². The van der Waals surface area contributed by atoms with E-state index in [1.165, 1.54) is 13.8 Å². The van der Waals surface area contributed by atoms with Crippen molar-refractivity contribution in [2.45, 2.75) is 13.8 Å². The maximum absolute atomic E-state index is 11.6. The molecular formula is C20H16N2O4. The van der Waals surface area contributed by atoms with E-state index >= 15 is 0 Å². The number of rotatable bonds is 3. The van der Waals surface area contributed by atoms with Crippen LogP contribution in [0.15, 0.2) is 48.5 Å². The van der Waals surface area contributed by atoms with Crippen molar-refractivity contribution < 1.29 is 19.1 Å². The molecule has 0 unspecified atom stereocenters. The fraction of sp³-hybridized carbons (Fsp3) is 0.100. The number of para-hydroxylation sites is 2. The summed E-state index contributed by atoms with van der Waals surface area (Å²) in [6.07, 6.45) is 0. The minimum Gasteiger partial charge on any atom is -0.424 e. The van der Waals surface area contributed by atoms with Gasteiger partial charge in [-0.15, -0.1) is 0 Å². The Morgan fingerprint density at radius 2 is 1.08 bits per heavy atom. The van der Waals surface area contributed by atoms with E-state index in [4.69, 9.17) is 9.47 Å². The standard InChI is InChI=1S/C20H16N2O4/c1-11(23)25-19-13-7-3-5-9-15(13)21-17(19)18-20(26-12(2)24)14-8-4-6-10-16(14)22-18/h3-10,21-22H,1-2H3. The van der Waals surface area contributed by atoms with Crippen molar-refractivity contribution in [1.29, 1.82) is 0 Å². The van der Waals surface area contributed by atoms with Gasteiger partial charge in [-0.3, -0.25) is 9.59 Å². The number of hydrogen-bond acceptors (Lipinski definition) is 4. The highest BCUT2D eigenvalue weighted by molar-refractivity contribution is 6.01. The Morgan fingerprint density at radius 3 is 1.46 bits per heavy atom. The highest BCUT2D eigenvalue weighted by Gasteiger charge is 2.23. The Bertz CT molecular complexity index is 1060. The Hall–Kier alpha value is -3.54. The van der Waals surface area contributed by atoms with Gasteiger partial charge in [-0.1, -0.05) is 24.3 Å². The number of fused-ring (bicyclic) bond motifs is 2. The third kappa shape index (κ3) is 2.61. The summed E-state index contributed by atoms with van der Waals surface area (Å²) >= 11 is 0. The molecule has 4 aromatic rings. The van der Waals surface area contributed by atoms with E-state index in [1.807, 2.05) is 48.5 Å². The molecule has 0 saturated heterocycles. The second-order valence-electron chi connectivity index (χ2n) is 5.94. The molecule has 4 rings (SSSR count). The number of carbonyl (C=O) groups is 2. The largest absolute Gasteiger partial charge is 0.424 e. The Balaban J connectivity index is 2.03. The minimum absolute atomic E-state index is 0.396. The highest BCUT2D eigenvalue weighted by atomic mass is 16.5. The van der Waals surface area contributed by atoms with Crippen LogP contribution in [-0.4, -0.2) is 21.9 Å². The van der Waals surface area contributed by atoms with Crippen molar-refractivity contribution in [3.63, 3.8) is 0 Å². The van der Waals surface area contributed by atoms with E-state index in [2.05, 4.69) is 9.97 Å². The smallest absolute Gasteiger partial charge is 0.308 e. The van der Waals surface area contributed by atoms with Gasteiger partial charge in [0.1, 0.15) is 11.4 Å². The zero-order valence-corrected chi connectivity index (χ0v) is 14.3. The molecule has 0 aliphatic heterocycles. The molecule has 26 heavy (non-hydrogen) atoms. The Labute approximate surface area is 148 Å². The lowest BCUT2D eigenvalue weighted by molar-refractivity contribution is -0.132. The molecule has 2 heterocycles. The van der Waals surface area contributed by atoms with Gasteiger partial charge in [-0.05, 0) is 24.3 Å². The SMILES string of the molecule is CC(=O)Oc1c(-c2[nH]c3ccccc3c2OC(C)=O)[nH]c2ccccc12. The number of ether oxygens (including phenoxy) is 2. The number of H-pyrrole nitrogens is 2. The molecule has 0 fully saturated rings. The first-order chi connectivity index (χ1) is 12.5. The van der Waals surface area contributed by atoms with Crippen LogP contribution in [0.3, 0.4) is 0 Å². The van der Waals surface area contributed by atoms with Crippen LogP contribution >= 0.6 is 0 Å². The number of aromatic nitrogens is 2. The second kappa shape index (κ2) is 6.07. The van der Waals surface area contributed by atoms with E-state index in [1.54, 1.807) is 0 Å². The van der Waals surface area contributed by atoms with Crippen LogP contribution in [0, 0.1) is 0 Å². The summed E-state index contributed by atoms with van der Waals surface area (Å²) in [6, 6.07) is 15.0. The van der Waals surface area contributed by atoms with Crippen LogP contribution in [0.2, 0.25) is 0 Å². The monoisotopic (exact) mass is 348 g/mol. The molecule has 0 atom stereocenters. The molecule has 2 N–H and O–H groups in total. The van der Waals surface area contributed by atoms with Crippen molar-refractivity contribution in [2.75, 3.05) is 0 Å². The molecule has 0 radical (unpaired) electrons. The molecule has 2 aromatic carbocycles. The maximum Gasteiger partial charge on any atom is 0.308 e. The van der Waals surface area contributed by atoms with Crippen molar-refractivity contribution in [3.05, 3.63) is 48.5 Å². The van der Waals surface area contributed by atoms with Gasteiger partial charge >= 0.3 is 11.9 Å². The predicted molar refractivity (Wildman–Crippen MR) is 98.2 cm³/mol. The molecular weight excluding hydrogens is 332 g/mol. The number of carbonyl (C=O) groups excluding carboxylic acids is 2. The van der Waals surface area contributed by atoms with Crippen LogP contribution in [0.25, 0.3) is 33.2 Å². The number of nitrogens with one attached hydrogen (secondary N) is 2. The predicted octanol–water partition coefficient (Wildman–Crippen LogP) is 4.17. The van der Waals surface area contributed by atoms with E-state index in [-0.39, 0.29) is 0 Å². The molecule has 0 aliphatic carbocycles. The zero-order valence-electron chi connectivity index (χ0n) is 14.3. The number of hydrogen-bond donors (Lipinski definition) is 2. The lowest BCUT2D eigenvalue weighted by Gasteiger charge is -2.06. The summed E-state index contributed by atoms with van der Waals surface area (Å²) in [5.74, 6) is -0.0663. The summed E-state index contributed by atoms with van der Waals surface area (Å²) < 4.78 is 11.0. The first-order valence-electron chi connectivity index (χ1n) is 8.13. The average molecular weight is 348 g/mol. The van der Waals surface area contributed by atoms with Gasteiger partial charge < -0.3 is 19.4 Å². The lowest BCUT2D eigenvalue weighted by Crippen LogP contribution is -2.04. The fourth-order valence-corrected chi connectivity index (χ4v) is 3.08. The fourth-order valence-electron chi connectivity index (χ4n) is 3.08. The normalized spacial score (nSPS) is 11.0. The van der Waals surface area contributed by atoms with Crippen LogP contribution in [0.5, 0.6) is 11.5 Å². The summed E-state index contributed by atoms with van der Waals surface area (Å²) in [5, 5.41) is 1.54. The maximum atomic E-state index is 11.6. The topological polar surface area (TPSA) is 84.2 Å². The quantitative estimate of drug-likeness (QED) is 0.544. The minimum atomic E-state index is -0.429. The molecule has 0 aliphatic rings. The zero-order chi connectivity index (χ0) is 18.3. The molecule has 0 amide bonds. The average Bonchev–Trinajstić information content (AvgIpc) is 3.13. The van der Waals surface area contributed by atoms with Gasteiger partial charge in [-0.2, -0.15) is 0 Å². The van der Waals surface area contributed by atoms with Crippen molar-refractivity contribution in [2.24, 2.45) is 0 Å². The van der Waals surface area contributed by atoms with Gasteiger partial charge in [0.2, 0.25) is 0 Å². The molecule has 6 heteroatoms. The van der Waals surface area contributed by atoms with Crippen LogP contribution in [-0.2, 0) is 9.59 Å². The van der Waals surface area contributed by atoms with E-state index < -0.39 is 11.9 Å². The molecule has 130 valence electrons. The summed E-state index contributed by atoms with van der Waals surface area (Å²) in [7, 11) is 0. The summed E-state index contributed by atoms with van der Waals surface area (Å²) in [4.78, 5) is 29.8. The first-order valence-corrected chi connectivity index (χ1v) is 8.13. The molecule has 6 nitrogen and oxygen atoms in total.